The van der Waals surface area contributed by atoms with Crippen LogP contribution >= 0.6 is 11.6 Å². The molecule has 0 unspecified atom stereocenters. The average Bonchev–Trinajstić information content (AvgIpc) is 2.62. The number of amides is 2. The lowest BCUT2D eigenvalue weighted by atomic mass is 10.1. The van der Waals surface area contributed by atoms with Crippen molar-refractivity contribution in [1.29, 1.82) is 0 Å². The first-order chi connectivity index (χ1) is 12.1. The van der Waals surface area contributed by atoms with E-state index in [9.17, 15) is 4.79 Å². The number of para-hydroxylation sites is 2. The van der Waals surface area contributed by atoms with E-state index in [1.165, 1.54) is 5.69 Å². The number of benzene rings is 2. The number of urea groups is 1. The fourth-order valence-electron chi connectivity index (χ4n) is 3.07. The molecule has 3 rings (SSSR count). The van der Waals surface area contributed by atoms with Gasteiger partial charge in [-0.05, 0) is 42.8 Å². The molecule has 0 aliphatic carbocycles. The first-order valence-corrected chi connectivity index (χ1v) is 8.66. The molecule has 132 valence electrons. The summed E-state index contributed by atoms with van der Waals surface area (Å²) >= 11 is 6.03. The topological polar surface area (TPSA) is 44.8 Å². The highest BCUT2D eigenvalue weighted by atomic mass is 35.5. The van der Waals surface area contributed by atoms with Gasteiger partial charge in [0.15, 0.2) is 0 Å². The molecule has 1 aliphatic heterocycles. The van der Waals surface area contributed by atoms with Crippen LogP contribution in [0.15, 0.2) is 42.5 Å². The molecule has 1 saturated heterocycles. The standard InChI is InChI=1S/C19H22ClN3O2/c1-14-13-15(20)7-8-17(14)22-9-11-23(12-10-22)19(24)21-16-5-3-4-6-18(16)25-2/h3-8,13H,9-12H2,1-2H3,(H,21,24). The number of nitrogens with one attached hydrogen (secondary N) is 1. The van der Waals surface area contributed by atoms with Crippen molar-refractivity contribution < 1.29 is 9.53 Å². The maximum absolute atomic E-state index is 12.5. The number of hydrogen-bond acceptors (Lipinski definition) is 3. The van der Waals surface area contributed by atoms with Crippen molar-refractivity contribution in [3.05, 3.63) is 53.1 Å². The number of anilines is 2. The fourth-order valence-corrected chi connectivity index (χ4v) is 3.29. The van der Waals surface area contributed by atoms with Crippen molar-refractivity contribution in [3.63, 3.8) is 0 Å². The molecule has 0 spiro atoms. The third-order valence-corrected chi connectivity index (χ3v) is 4.65. The molecule has 2 aromatic rings. The number of ether oxygens (including phenoxy) is 1. The SMILES string of the molecule is COc1ccccc1NC(=O)N1CCN(c2ccc(Cl)cc2C)CC1. The molecule has 1 heterocycles. The van der Waals surface area contributed by atoms with Crippen LogP contribution in [-0.4, -0.2) is 44.2 Å². The van der Waals surface area contributed by atoms with E-state index < -0.39 is 0 Å². The molecule has 1 N–H and O–H groups in total. The highest BCUT2D eigenvalue weighted by Crippen LogP contribution is 2.26. The van der Waals surface area contributed by atoms with E-state index in [1.54, 1.807) is 7.11 Å². The Hall–Kier alpha value is -2.40. The van der Waals surface area contributed by atoms with Gasteiger partial charge in [-0.15, -0.1) is 0 Å². The van der Waals surface area contributed by atoms with Gasteiger partial charge in [0.2, 0.25) is 0 Å². The van der Waals surface area contributed by atoms with E-state index >= 15 is 0 Å². The predicted octanol–water partition coefficient (Wildman–Crippen LogP) is 4.01. The zero-order valence-corrected chi connectivity index (χ0v) is 15.2. The summed E-state index contributed by atoms with van der Waals surface area (Å²) in [5, 5.41) is 3.68. The van der Waals surface area contributed by atoms with Crippen LogP contribution in [0.5, 0.6) is 5.75 Å². The van der Waals surface area contributed by atoms with Gasteiger partial charge in [-0.1, -0.05) is 23.7 Å². The van der Waals surface area contributed by atoms with Crippen molar-refractivity contribution in [3.8, 4) is 5.75 Å². The molecule has 2 amide bonds. The van der Waals surface area contributed by atoms with Gasteiger partial charge in [-0.3, -0.25) is 0 Å². The van der Waals surface area contributed by atoms with Crippen LogP contribution < -0.4 is 15.0 Å². The van der Waals surface area contributed by atoms with Crippen LogP contribution in [0, 0.1) is 6.92 Å². The van der Waals surface area contributed by atoms with Crippen LogP contribution in [-0.2, 0) is 0 Å². The number of methoxy groups -OCH3 is 1. The Morgan fingerprint density at radius 3 is 2.52 bits per heavy atom. The number of rotatable bonds is 3. The Morgan fingerprint density at radius 2 is 1.84 bits per heavy atom. The van der Waals surface area contributed by atoms with Gasteiger partial charge < -0.3 is 19.9 Å². The first kappa shape index (κ1) is 17.4. The summed E-state index contributed by atoms with van der Waals surface area (Å²) in [5.41, 5.74) is 3.01. The molecule has 0 atom stereocenters. The molecule has 0 bridgehead atoms. The maximum Gasteiger partial charge on any atom is 0.322 e. The van der Waals surface area contributed by atoms with Crippen LogP contribution in [0.1, 0.15) is 5.56 Å². The highest BCUT2D eigenvalue weighted by Gasteiger charge is 2.22. The zero-order chi connectivity index (χ0) is 17.8. The van der Waals surface area contributed by atoms with Gasteiger partial charge in [0.1, 0.15) is 5.75 Å². The summed E-state index contributed by atoms with van der Waals surface area (Å²) in [6.45, 7) is 4.98. The number of carbonyl (C=O) groups is 1. The minimum Gasteiger partial charge on any atom is -0.495 e. The van der Waals surface area contributed by atoms with E-state index in [4.69, 9.17) is 16.3 Å². The van der Waals surface area contributed by atoms with E-state index in [0.717, 1.165) is 23.7 Å². The fraction of sp³-hybridized carbons (Fsp3) is 0.316. The summed E-state index contributed by atoms with van der Waals surface area (Å²) in [6, 6.07) is 13.2. The van der Waals surface area contributed by atoms with Crippen molar-refractivity contribution in [2.75, 3.05) is 43.5 Å². The van der Waals surface area contributed by atoms with Crippen molar-refractivity contribution >= 4 is 29.0 Å². The Balaban J connectivity index is 1.61. The summed E-state index contributed by atoms with van der Waals surface area (Å²) in [7, 11) is 1.60. The molecule has 6 heteroatoms. The lowest BCUT2D eigenvalue weighted by Gasteiger charge is -2.36. The minimum atomic E-state index is -0.100. The summed E-state index contributed by atoms with van der Waals surface area (Å²) in [5.74, 6) is 0.659. The maximum atomic E-state index is 12.5. The normalized spacial score (nSPS) is 14.4. The van der Waals surface area contributed by atoms with Gasteiger partial charge in [0.25, 0.3) is 0 Å². The van der Waals surface area contributed by atoms with Crippen molar-refractivity contribution in [1.82, 2.24) is 4.90 Å². The third kappa shape index (κ3) is 3.99. The van der Waals surface area contributed by atoms with Crippen LogP contribution in [0.4, 0.5) is 16.2 Å². The van der Waals surface area contributed by atoms with Crippen molar-refractivity contribution in [2.24, 2.45) is 0 Å². The Kier molecular flexibility index (Phi) is 5.34. The lowest BCUT2D eigenvalue weighted by Crippen LogP contribution is -2.50. The number of carbonyl (C=O) groups excluding carboxylic acids is 1. The molecule has 0 aromatic heterocycles. The van der Waals surface area contributed by atoms with Crippen LogP contribution in [0.3, 0.4) is 0 Å². The monoisotopic (exact) mass is 359 g/mol. The van der Waals surface area contributed by atoms with Gasteiger partial charge in [0, 0.05) is 36.9 Å². The predicted molar refractivity (Wildman–Crippen MR) is 102 cm³/mol. The minimum absolute atomic E-state index is 0.100. The molecular formula is C19H22ClN3O2. The molecule has 2 aromatic carbocycles. The van der Waals surface area contributed by atoms with Crippen molar-refractivity contribution in [2.45, 2.75) is 6.92 Å². The Labute approximate surface area is 153 Å². The summed E-state index contributed by atoms with van der Waals surface area (Å²) in [6.07, 6.45) is 0. The average molecular weight is 360 g/mol. The third-order valence-electron chi connectivity index (χ3n) is 4.41. The van der Waals surface area contributed by atoms with Crippen LogP contribution in [0.2, 0.25) is 5.02 Å². The summed E-state index contributed by atoms with van der Waals surface area (Å²) in [4.78, 5) is 16.6. The van der Waals surface area contributed by atoms with Crippen LogP contribution in [0.25, 0.3) is 0 Å². The van der Waals surface area contributed by atoms with Gasteiger partial charge >= 0.3 is 6.03 Å². The molecule has 0 radical (unpaired) electrons. The second-order valence-corrected chi connectivity index (χ2v) is 6.47. The first-order valence-electron chi connectivity index (χ1n) is 8.28. The van der Waals surface area contributed by atoms with E-state index in [0.29, 0.717) is 24.5 Å². The molecule has 0 saturated carbocycles. The zero-order valence-electron chi connectivity index (χ0n) is 14.5. The Bertz CT molecular complexity index is 758. The number of aryl methyl sites for hydroxylation is 1. The quantitative estimate of drug-likeness (QED) is 0.900. The second-order valence-electron chi connectivity index (χ2n) is 6.04. The van der Waals surface area contributed by atoms with E-state index in [2.05, 4.69) is 17.1 Å². The lowest BCUT2D eigenvalue weighted by molar-refractivity contribution is 0.208. The van der Waals surface area contributed by atoms with Gasteiger partial charge in [0.05, 0.1) is 12.8 Å². The van der Waals surface area contributed by atoms with Gasteiger partial charge in [-0.2, -0.15) is 0 Å². The Morgan fingerprint density at radius 1 is 1.12 bits per heavy atom. The van der Waals surface area contributed by atoms with E-state index in [-0.39, 0.29) is 6.03 Å². The highest BCUT2D eigenvalue weighted by molar-refractivity contribution is 6.30. The number of halogens is 1. The summed E-state index contributed by atoms with van der Waals surface area (Å²) < 4.78 is 5.28. The van der Waals surface area contributed by atoms with E-state index in [1.807, 2.05) is 47.4 Å². The second kappa shape index (κ2) is 7.66. The van der Waals surface area contributed by atoms with Gasteiger partial charge in [-0.25, -0.2) is 4.79 Å². The molecule has 1 fully saturated rings. The molecule has 5 nitrogen and oxygen atoms in total. The molecular weight excluding hydrogens is 338 g/mol. The number of hydrogen-bond donors (Lipinski definition) is 1. The molecule has 1 aliphatic rings. The molecule has 25 heavy (non-hydrogen) atoms. The number of nitrogens with zero attached hydrogens (tertiary/aromatic N) is 2. The number of piperazine rings is 1. The largest absolute Gasteiger partial charge is 0.495 e. The smallest absolute Gasteiger partial charge is 0.322 e.